The molecule has 1 aliphatic heterocycles. The van der Waals surface area contributed by atoms with E-state index in [1.54, 1.807) is 4.90 Å². The molecule has 0 radical (unpaired) electrons. The Morgan fingerprint density at radius 3 is 2.76 bits per heavy atom. The largest absolute Gasteiger partial charge is 0.341 e. The predicted molar refractivity (Wildman–Crippen MR) is 77.5 cm³/mol. The molecular weight excluding hydrogens is 274 g/mol. The Bertz CT molecular complexity index is 507. The first-order chi connectivity index (χ1) is 10.0. The number of carbonyl (C=O) groups is 1. The molecule has 2 unspecified atom stereocenters. The summed E-state index contributed by atoms with van der Waals surface area (Å²) >= 11 is 0. The minimum absolute atomic E-state index is 0.101. The Morgan fingerprint density at radius 2 is 2.10 bits per heavy atom. The summed E-state index contributed by atoms with van der Waals surface area (Å²) in [6.45, 7) is 3.17. The van der Waals surface area contributed by atoms with Crippen LogP contribution < -0.4 is 5.73 Å². The van der Waals surface area contributed by atoms with E-state index in [0.717, 1.165) is 31.4 Å². The van der Waals surface area contributed by atoms with Crippen LogP contribution in [0.5, 0.6) is 0 Å². The smallest absolute Gasteiger partial charge is 0.222 e. The highest BCUT2D eigenvalue weighted by Gasteiger charge is 2.23. The number of hydrogen-bond donors (Lipinski definition) is 1. The average molecular weight is 296 g/mol. The quantitative estimate of drug-likeness (QED) is 0.928. The van der Waals surface area contributed by atoms with Crippen LogP contribution in [0.3, 0.4) is 0 Å². The minimum Gasteiger partial charge on any atom is -0.341 e. The zero-order valence-corrected chi connectivity index (χ0v) is 12.3. The number of carbonyl (C=O) groups excluding carboxylic acids is 1. The third-order valence-corrected chi connectivity index (χ3v) is 4.29. The molecule has 1 aliphatic rings. The molecule has 3 nitrogen and oxygen atoms in total. The number of hydrogen-bond acceptors (Lipinski definition) is 2. The van der Waals surface area contributed by atoms with E-state index in [0.29, 0.717) is 31.0 Å². The Labute approximate surface area is 124 Å². The zero-order valence-electron chi connectivity index (χ0n) is 12.3. The van der Waals surface area contributed by atoms with Crippen LogP contribution in [0, 0.1) is 17.6 Å². The third kappa shape index (κ3) is 4.00. The van der Waals surface area contributed by atoms with Gasteiger partial charge in [0.05, 0.1) is 0 Å². The number of likely N-dealkylation sites (tertiary alicyclic amines) is 1. The Morgan fingerprint density at radius 1 is 1.33 bits per heavy atom. The number of rotatable bonds is 4. The van der Waals surface area contributed by atoms with Gasteiger partial charge in [-0.25, -0.2) is 8.78 Å². The molecule has 2 rings (SSSR count). The summed E-state index contributed by atoms with van der Waals surface area (Å²) in [6.07, 6.45) is 3.53. The fraction of sp³-hybridized carbons (Fsp3) is 0.562. The zero-order chi connectivity index (χ0) is 15.4. The fourth-order valence-electron chi connectivity index (χ4n) is 2.78. The van der Waals surface area contributed by atoms with Crippen LogP contribution in [0.1, 0.15) is 44.2 Å². The van der Waals surface area contributed by atoms with E-state index in [1.807, 2.05) is 0 Å². The summed E-state index contributed by atoms with van der Waals surface area (Å²) in [5.74, 6) is -1.11. The third-order valence-electron chi connectivity index (χ3n) is 4.29. The lowest BCUT2D eigenvalue weighted by Crippen LogP contribution is -2.36. The van der Waals surface area contributed by atoms with E-state index in [-0.39, 0.29) is 5.91 Å². The number of halogens is 2. The Hall–Kier alpha value is -1.49. The molecule has 0 spiro atoms. The maximum absolute atomic E-state index is 13.2. The molecule has 5 heteroatoms. The van der Waals surface area contributed by atoms with Crippen molar-refractivity contribution in [2.24, 2.45) is 11.7 Å². The maximum Gasteiger partial charge on any atom is 0.222 e. The van der Waals surface area contributed by atoms with Gasteiger partial charge in [-0.1, -0.05) is 19.4 Å². The van der Waals surface area contributed by atoms with Gasteiger partial charge in [0.2, 0.25) is 5.91 Å². The van der Waals surface area contributed by atoms with Gasteiger partial charge in [0.1, 0.15) is 0 Å². The minimum atomic E-state index is -0.906. The van der Waals surface area contributed by atoms with Gasteiger partial charge in [0.15, 0.2) is 11.6 Å². The van der Waals surface area contributed by atoms with E-state index < -0.39 is 17.7 Å². The molecule has 1 saturated heterocycles. The van der Waals surface area contributed by atoms with Gasteiger partial charge in [-0.3, -0.25) is 4.79 Å². The van der Waals surface area contributed by atoms with Crippen molar-refractivity contribution in [2.75, 3.05) is 13.1 Å². The molecule has 0 saturated carbocycles. The Balaban J connectivity index is 2.02. The van der Waals surface area contributed by atoms with Gasteiger partial charge < -0.3 is 10.6 Å². The van der Waals surface area contributed by atoms with Gasteiger partial charge in [0.25, 0.3) is 0 Å². The first-order valence-electron chi connectivity index (χ1n) is 7.49. The molecule has 0 aliphatic carbocycles. The molecular formula is C16H22F2N2O. The molecule has 1 amide bonds. The SMILES string of the molecule is CCC1CCC(=O)N(CC(N)c2ccc(F)c(F)c2)CC1. The van der Waals surface area contributed by atoms with Gasteiger partial charge in [0, 0.05) is 25.6 Å². The lowest BCUT2D eigenvalue weighted by atomic mass is 9.98. The number of nitrogens with zero attached hydrogens (tertiary/aromatic N) is 1. The van der Waals surface area contributed by atoms with Crippen molar-refractivity contribution in [1.29, 1.82) is 0 Å². The van der Waals surface area contributed by atoms with Crippen molar-refractivity contribution in [3.8, 4) is 0 Å². The van der Waals surface area contributed by atoms with Crippen molar-refractivity contribution in [1.82, 2.24) is 4.90 Å². The van der Waals surface area contributed by atoms with E-state index in [2.05, 4.69) is 6.92 Å². The summed E-state index contributed by atoms with van der Waals surface area (Å²) in [4.78, 5) is 13.9. The topological polar surface area (TPSA) is 46.3 Å². The first kappa shape index (κ1) is 15.9. The van der Waals surface area contributed by atoms with Crippen LogP contribution in [0.15, 0.2) is 18.2 Å². The molecule has 2 atom stereocenters. The first-order valence-corrected chi connectivity index (χ1v) is 7.49. The van der Waals surface area contributed by atoms with Gasteiger partial charge in [-0.15, -0.1) is 0 Å². The van der Waals surface area contributed by atoms with Crippen molar-refractivity contribution in [3.05, 3.63) is 35.4 Å². The fourth-order valence-corrected chi connectivity index (χ4v) is 2.78. The second kappa shape index (κ2) is 6.98. The highest BCUT2D eigenvalue weighted by Crippen LogP contribution is 2.23. The molecule has 21 heavy (non-hydrogen) atoms. The summed E-state index contributed by atoms with van der Waals surface area (Å²) in [7, 11) is 0. The summed E-state index contributed by atoms with van der Waals surface area (Å²) < 4.78 is 26.2. The van der Waals surface area contributed by atoms with Crippen LogP contribution in [0.25, 0.3) is 0 Å². The van der Waals surface area contributed by atoms with Crippen molar-refractivity contribution < 1.29 is 13.6 Å². The van der Waals surface area contributed by atoms with E-state index in [9.17, 15) is 13.6 Å². The van der Waals surface area contributed by atoms with E-state index >= 15 is 0 Å². The van der Waals surface area contributed by atoms with Crippen molar-refractivity contribution in [2.45, 2.75) is 38.6 Å². The van der Waals surface area contributed by atoms with Crippen molar-refractivity contribution in [3.63, 3.8) is 0 Å². The van der Waals surface area contributed by atoms with Gasteiger partial charge in [-0.05, 0) is 36.5 Å². The molecule has 0 bridgehead atoms. The predicted octanol–water partition coefficient (Wildman–Crippen LogP) is 3.00. The van der Waals surface area contributed by atoms with E-state index in [1.165, 1.54) is 6.07 Å². The normalized spacial score (nSPS) is 21.2. The maximum atomic E-state index is 13.2. The highest BCUT2D eigenvalue weighted by atomic mass is 19.2. The monoisotopic (exact) mass is 296 g/mol. The van der Waals surface area contributed by atoms with Crippen LogP contribution in [0.2, 0.25) is 0 Å². The lowest BCUT2D eigenvalue weighted by Gasteiger charge is -2.25. The molecule has 1 heterocycles. The summed E-state index contributed by atoms with van der Waals surface area (Å²) in [5.41, 5.74) is 6.55. The number of amides is 1. The lowest BCUT2D eigenvalue weighted by molar-refractivity contribution is -0.130. The van der Waals surface area contributed by atoms with Gasteiger partial charge in [-0.2, -0.15) is 0 Å². The van der Waals surface area contributed by atoms with Crippen LogP contribution >= 0.6 is 0 Å². The second-order valence-corrected chi connectivity index (χ2v) is 5.72. The molecule has 1 aromatic carbocycles. The highest BCUT2D eigenvalue weighted by molar-refractivity contribution is 5.76. The summed E-state index contributed by atoms with van der Waals surface area (Å²) in [6, 6.07) is 3.15. The summed E-state index contributed by atoms with van der Waals surface area (Å²) in [5, 5.41) is 0. The van der Waals surface area contributed by atoms with E-state index in [4.69, 9.17) is 5.73 Å². The molecule has 0 aromatic heterocycles. The number of nitrogens with two attached hydrogens (primary N) is 1. The standard InChI is InChI=1S/C16H22F2N2O/c1-2-11-3-6-16(21)20(8-7-11)10-15(19)12-4-5-13(17)14(18)9-12/h4-5,9,11,15H,2-3,6-8,10,19H2,1H3. The van der Waals surface area contributed by atoms with Crippen LogP contribution in [-0.2, 0) is 4.79 Å². The molecule has 2 N–H and O–H groups in total. The van der Waals surface area contributed by atoms with Crippen LogP contribution in [-0.4, -0.2) is 23.9 Å². The van der Waals surface area contributed by atoms with Crippen molar-refractivity contribution >= 4 is 5.91 Å². The average Bonchev–Trinajstić information content (AvgIpc) is 2.64. The Kier molecular flexibility index (Phi) is 5.28. The molecule has 116 valence electrons. The number of benzene rings is 1. The van der Waals surface area contributed by atoms with Gasteiger partial charge >= 0.3 is 0 Å². The molecule has 1 fully saturated rings. The van der Waals surface area contributed by atoms with Crippen LogP contribution in [0.4, 0.5) is 8.78 Å². The second-order valence-electron chi connectivity index (χ2n) is 5.72. The molecule has 1 aromatic rings.